The van der Waals surface area contributed by atoms with Crippen LogP contribution in [0.15, 0.2) is 24.8 Å². The zero-order valence-corrected chi connectivity index (χ0v) is 11.2. The number of hydrogen-bond acceptors (Lipinski definition) is 4. The molecule has 0 amide bonds. The lowest BCUT2D eigenvalue weighted by atomic mass is 10.3. The second-order valence-corrected chi connectivity index (χ2v) is 3.92. The molecule has 1 N–H and O–H groups in total. The van der Waals surface area contributed by atoms with Crippen LogP contribution in [0.5, 0.6) is 0 Å². The minimum absolute atomic E-state index is 0. The van der Waals surface area contributed by atoms with Crippen LogP contribution in [0.3, 0.4) is 0 Å². The number of rotatable bonds is 5. The standard InChI is InChI=1S/C11H13N5O2.ClH/c1-15-8-12-11(14-15)9-4-6-16(13-7-9)5-2-3-10(17)18;/h4,6-8H,2-3,5H2,1H3;1H. The highest BCUT2D eigenvalue weighted by atomic mass is 35.5. The summed E-state index contributed by atoms with van der Waals surface area (Å²) in [7, 11) is 1.80. The summed E-state index contributed by atoms with van der Waals surface area (Å²) in [5, 5.41) is 16.9. The average Bonchev–Trinajstić information content (AvgIpc) is 2.76. The van der Waals surface area contributed by atoms with Gasteiger partial charge in [-0.3, -0.25) is 9.48 Å². The molecule has 0 aliphatic heterocycles. The third-order valence-electron chi connectivity index (χ3n) is 2.41. The molecular weight excluding hydrogens is 270 g/mol. The Morgan fingerprint density at radius 2 is 2.32 bits per heavy atom. The van der Waals surface area contributed by atoms with Gasteiger partial charge < -0.3 is 17.5 Å². The molecule has 7 nitrogen and oxygen atoms in total. The maximum absolute atomic E-state index is 10.4. The van der Waals surface area contributed by atoms with Crippen molar-refractivity contribution in [1.82, 2.24) is 19.9 Å². The molecule has 19 heavy (non-hydrogen) atoms. The maximum atomic E-state index is 10.4. The predicted octanol–water partition coefficient (Wildman–Crippen LogP) is -2.97. The molecule has 0 spiro atoms. The van der Waals surface area contributed by atoms with E-state index < -0.39 is 5.97 Å². The van der Waals surface area contributed by atoms with Gasteiger partial charge in [0.05, 0.1) is 12.0 Å². The minimum atomic E-state index is -0.787. The zero-order chi connectivity index (χ0) is 13.0. The summed E-state index contributed by atoms with van der Waals surface area (Å²) < 4.78 is 3.33. The van der Waals surface area contributed by atoms with Gasteiger partial charge in [-0.25, -0.2) is 4.98 Å². The van der Waals surface area contributed by atoms with Gasteiger partial charge in [0.1, 0.15) is 12.5 Å². The fourth-order valence-corrected chi connectivity index (χ4v) is 1.51. The second kappa shape index (κ2) is 6.79. The number of nitrogens with zero attached hydrogens (tertiary/aromatic N) is 5. The van der Waals surface area contributed by atoms with Crippen LogP contribution >= 0.6 is 0 Å². The Hall–Kier alpha value is -2.02. The van der Waals surface area contributed by atoms with E-state index in [0.717, 1.165) is 5.56 Å². The number of aliphatic carboxylic acids is 1. The van der Waals surface area contributed by atoms with Gasteiger partial charge in [0.15, 0.2) is 18.6 Å². The molecule has 0 saturated carbocycles. The summed E-state index contributed by atoms with van der Waals surface area (Å²) in [6, 6.07) is 1.86. The summed E-state index contributed by atoms with van der Waals surface area (Å²) in [4.78, 5) is 14.5. The Balaban J connectivity index is 0.00000180. The quantitative estimate of drug-likeness (QED) is 0.593. The molecule has 2 aromatic heterocycles. The Bertz CT molecular complexity index is 540. The van der Waals surface area contributed by atoms with Crippen molar-refractivity contribution in [2.24, 2.45) is 7.05 Å². The lowest BCUT2D eigenvalue weighted by Gasteiger charge is -1.95. The fraction of sp³-hybridized carbons (Fsp3) is 0.364. The molecule has 0 aliphatic carbocycles. The Morgan fingerprint density at radius 1 is 1.53 bits per heavy atom. The lowest BCUT2D eigenvalue weighted by molar-refractivity contribution is -0.754. The van der Waals surface area contributed by atoms with E-state index >= 15 is 0 Å². The van der Waals surface area contributed by atoms with Gasteiger partial charge in [-0.05, 0) is 5.10 Å². The molecule has 0 aromatic carbocycles. The Kier molecular flexibility index (Phi) is 5.37. The third-order valence-corrected chi connectivity index (χ3v) is 2.41. The number of carbonyl (C=O) groups is 1. The van der Waals surface area contributed by atoms with E-state index in [2.05, 4.69) is 15.2 Å². The van der Waals surface area contributed by atoms with Crippen molar-refractivity contribution in [3.63, 3.8) is 0 Å². The van der Waals surface area contributed by atoms with Crippen LogP contribution in [0, 0.1) is 0 Å². The van der Waals surface area contributed by atoms with E-state index in [1.807, 2.05) is 6.07 Å². The molecule has 0 saturated heterocycles. The number of carboxylic acids is 1. The fourth-order valence-electron chi connectivity index (χ4n) is 1.51. The number of hydrogen-bond donors (Lipinski definition) is 1. The van der Waals surface area contributed by atoms with E-state index in [-0.39, 0.29) is 18.8 Å². The first-order valence-corrected chi connectivity index (χ1v) is 5.59. The van der Waals surface area contributed by atoms with Crippen molar-refractivity contribution in [2.75, 3.05) is 0 Å². The van der Waals surface area contributed by atoms with Gasteiger partial charge in [-0.15, -0.1) is 0 Å². The van der Waals surface area contributed by atoms with Crippen LogP contribution in [0.25, 0.3) is 11.4 Å². The van der Waals surface area contributed by atoms with Gasteiger partial charge in [-0.1, -0.05) is 4.68 Å². The van der Waals surface area contributed by atoms with Crippen LogP contribution in [-0.2, 0) is 18.4 Å². The van der Waals surface area contributed by atoms with Crippen molar-refractivity contribution in [2.45, 2.75) is 19.4 Å². The van der Waals surface area contributed by atoms with Crippen LogP contribution in [0.4, 0.5) is 0 Å². The van der Waals surface area contributed by atoms with Gasteiger partial charge in [0.2, 0.25) is 0 Å². The summed E-state index contributed by atoms with van der Waals surface area (Å²) in [6.07, 6.45) is 5.82. The predicted molar refractivity (Wildman–Crippen MR) is 61.3 cm³/mol. The molecule has 2 rings (SSSR count). The highest BCUT2D eigenvalue weighted by Gasteiger charge is 2.08. The van der Waals surface area contributed by atoms with Crippen molar-refractivity contribution < 1.29 is 27.0 Å². The SMILES string of the molecule is Cn1cnc(-c2cc[n+](CCCC(=O)O)nc2)n1.[Cl-]. The summed E-state index contributed by atoms with van der Waals surface area (Å²) >= 11 is 0. The van der Waals surface area contributed by atoms with Crippen molar-refractivity contribution in [3.05, 3.63) is 24.8 Å². The molecular formula is C11H14ClN5O2. The van der Waals surface area contributed by atoms with Gasteiger partial charge in [-0.2, -0.15) is 5.10 Å². The zero-order valence-electron chi connectivity index (χ0n) is 10.4. The highest BCUT2D eigenvalue weighted by Crippen LogP contribution is 2.09. The third kappa shape index (κ3) is 4.29. The monoisotopic (exact) mass is 283 g/mol. The molecule has 0 atom stereocenters. The normalized spacial score (nSPS) is 9.95. The van der Waals surface area contributed by atoms with Crippen molar-refractivity contribution in [3.8, 4) is 11.4 Å². The number of carboxylic acid groups (broad SMARTS) is 1. The molecule has 102 valence electrons. The first-order valence-electron chi connectivity index (χ1n) is 5.59. The summed E-state index contributed by atoms with van der Waals surface area (Å²) in [5.41, 5.74) is 0.838. The smallest absolute Gasteiger partial charge is 0.303 e. The molecule has 2 aromatic rings. The van der Waals surface area contributed by atoms with E-state index in [9.17, 15) is 4.79 Å². The van der Waals surface area contributed by atoms with Crippen LogP contribution in [-0.4, -0.2) is 30.9 Å². The van der Waals surface area contributed by atoms with Crippen LogP contribution in [0.2, 0.25) is 0 Å². The number of aryl methyl sites for hydroxylation is 2. The summed E-state index contributed by atoms with van der Waals surface area (Å²) in [5.74, 6) is -0.160. The van der Waals surface area contributed by atoms with Crippen LogP contribution < -0.4 is 17.1 Å². The minimum Gasteiger partial charge on any atom is -1.00 e. The van der Waals surface area contributed by atoms with Crippen molar-refractivity contribution in [1.29, 1.82) is 0 Å². The van der Waals surface area contributed by atoms with Gasteiger partial charge in [0.25, 0.3) is 0 Å². The molecule has 8 heteroatoms. The largest absolute Gasteiger partial charge is 1.00 e. The molecule has 0 unspecified atom stereocenters. The van der Waals surface area contributed by atoms with Crippen LogP contribution in [0.1, 0.15) is 12.8 Å². The second-order valence-electron chi connectivity index (χ2n) is 3.92. The lowest BCUT2D eigenvalue weighted by Crippen LogP contribution is -3.00. The van der Waals surface area contributed by atoms with Gasteiger partial charge in [0, 0.05) is 19.5 Å². The molecule has 0 aliphatic rings. The van der Waals surface area contributed by atoms with E-state index in [1.54, 1.807) is 35.1 Å². The molecule has 0 fully saturated rings. The molecule has 2 heterocycles. The highest BCUT2D eigenvalue weighted by molar-refractivity contribution is 5.66. The average molecular weight is 284 g/mol. The van der Waals surface area contributed by atoms with E-state index in [1.165, 1.54) is 0 Å². The molecule has 0 radical (unpaired) electrons. The Morgan fingerprint density at radius 3 is 2.84 bits per heavy atom. The first-order chi connectivity index (χ1) is 8.65. The van der Waals surface area contributed by atoms with Gasteiger partial charge >= 0.3 is 5.97 Å². The Labute approximate surface area is 116 Å². The topological polar surface area (TPSA) is 84.8 Å². The van der Waals surface area contributed by atoms with E-state index in [4.69, 9.17) is 5.11 Å². The van der Waals surface area contributed by atoms with Crippen molar-refractivity contribution >= 4 is 5.97 Å². The maximum Gasteiger partial charge on any atom is 0.303 e. The first kappa shape index (κ1) is 15.0. The van der Waals surface area contributed by atoms with E-state index in [0.29, 0.717) is 18.8 Å². The molecule has 0 bridgehead atoms. The number of halogens is 1. The number of aromatic nitrogens is 5. The summed E-state index contributed by atoms with van der Waals surface area (Å²) in [6.45, 7) is 0.586.